The summed E-state index contributed by atoms with van der Waals surface area (Å²) in [5.41, 5.74) is 1.42. The molecular formula is C19H16Cl2N4O4. The maximum atomic E-state index is 12.5. The lowest BCUT2D eigenvalue weighted by molar-refractivity contribution is -0.136. The number of carboxylic acid groups (broad SMARTS) is 1. The normalized spacial score (nSPS) is 11.7. The molecule has 0 spiro atoms. The van der Waals surface area contributed by atoms with Crippen LogP contribution in [0.15, 0.2) is 53.1 Å². The highest BCUT2D eigenvalue weighted by Gasteiger charge is 2.22. The molecule has 1 heterocycles. The number of anilines is 1. The Labute approximate surface area is 175 Å². The molecule has 0 fully saturated rings. The highest BCUT2D eigenvalue weighted by Crippen LogP contribution is 2.19. The fraction of sp³-hybridized carbons (Fsp3) is 0.158. The topological polar surface area (TPSA) is 117 Å². The Balaban J connectivity index is 1.76. The molecule has 2 aromatic carbocycles. The molecule has 0 aliphatic heterocycles. The molecule has 150 valence electrons. The molecule has 0 saturated heterocycles. The maximum Gasteiger partial charge on any atom is 0.319 e. The first-order valence-corrected chi connectivity index (χ1v) is 9.26. The maximum absolute atomic E-state index is 12.5. The number of hydrogen-bond acceptors (Lipinski definition) is 5. The fourth-order valence-corrected chi connectivity index (χ4v) is 2.78. The van der Waals surface area contributed by atoms with Crippen molar-refractivity contribution in [2.75, 3.05) is 5.32 Å². The van der Waals surface area contributed by atoms with E-state index in [0.29, 0.717) is 22.2 Å². The third-order valence-electron chi connectivity index (χ3n) is 3.86. The first-order chi connectivity index (χ1) is 13.9. The summed E-state index contributed by atoms with van der Waals surface area (Å²) >= 11 is 11.8. The number of amides is 2. The van der Waals surface area contributed by atoms with Gasteiger partial charge in [-0.1, -0.05) is 40.5 Å². The highest BCUT2D eigenvalue weighted by molar-refractivity contribution is 6.30. The van der Waals surface area contributed by atoms with Crippen LogP contribution in [0.5, 0.6) is 0 Å². The minimum Gasteiger partial charge on any atom is -0.481 e. The number of aliphatic carboxylic acids is 1. The molecule has 0 aliphatic carbocycles. The number of carbonyl (C=O) groups is 2. The van der Waals surface area contributed by atoms with Gasteiger partial charge in [-0.05, 0) is 42.0 Å². The minimum atomic E-state index is -1.09. The molecule has 3 aromatic rings. The number of hydrogen-bond donors (Lipinski definition) is 3. The molecule has 8 nitrogen and oxygen atoms in total. The number of urea groups is 1. The smallest absolute Gasteiger partial charge is 0.319 e. The zero-order valence-corrected chi connectivity index (χ0v) is 16.4. The number of aromatic nitrogens is 2. The van der Waals surface area contributed by atoms with Crippen molar-refractivity contribution in [2.45, 2.75) is 18.9 Å². The van der Waals surface area contributed by atoms with Crippen molar-refractivity contribution in [2.24, 2.45) is 0 Å². The molecule has 2 amide bonds. The summed E-state index contributed by atoms with van der Waals surface area (Å²) in [4.78, 5) is 27.4. The van der Waals surface area contributed by atoms with Crippen LogP contribution in [-0.2, 0) is 17.6 Å². The third-order valence-corrected chi connectivity index (χ3v) is 4.36. The van der Waals surface area contributed by atoms with Gasteiger partial charge in [-0.15, -0.1) is 0 Å². The van der Waals surface area contributed by atoms with Gasteiger partial charge >= 0.3 is 12.0 Å². The lowest BCUT2D eigenvalue weighted by Crippen LogP contribution is -2.34. The second-order valence-electron chi connectivity index (χ2n) is 6.11. The lowest BCUT2D eigenvalue weighted by Gasteiger charge is -2.16. The van der Waals surface area contributed by atoms with E-state index in [4.69, 9.17) is 32.8 Å². The number of halogens is 2. The second-order valence-corrected chi connectivity index (χ2v) is 6.98. The van der Waals surface area contributed by atoms with Crippen molar-refractivity contribution in [1.82, 2.24) is 15.5 Å². The average molecular weight is 435 g/mol. The Morgan fingerprint density at radius 3 is 2.28 bits per heavy atom. The van der Waals surface area contributed by atoms with E-state index in [-0.39, 0.29) is 11.7 Å². The number of benzene rings is 2. The molecule has 10 heteroatoms. The summed E-state index contributed by atoms with van der Waals surface area (Å²) in [6.45, 7) is 0. The van der Waals surface area contributed by atoms with E-state index >= 15 is 0 Å². The van der Waals surface area contributed by atoms with Crippen LogP contribution in [0.1, 0.15) is 23.3 Å². The van der Waals surface area contributed by atoms with Gasteiger partial charge in [0.1, 0.15) is 6.42 Å². The van der Waals surface area contributed by atoms with Gasteiger partial charge < -0.3 is 20.3 Å². The Kier molecular flexibility index (Phi) is 6.69. The van der Waals surface area contributed by atoms with Crippen LogP contribution in [-0.4, -0.2) is 27.2 Å². The fourth-order valence-electron chi connectivity index (χ4n) is 2.53. The van der Waals surface area contributed by atoms with E-state index in [2.05, 4.69) is 20.8 Å². The average Bonchev–Trinajstić information content (AvgIpc) is 3.12. The quantitative estimate of drug-likeness (QED) is 0.514. The van der Waals surface area contributed by atoms with Gasteiger partial charge in [-0.3, -0.25) is 4.79 Å². The van der Waals surface area contributed by atoms with E-state index in [1.165, 1.54) is 0 Å². The van der Waals surface area contributed by atoms with Crippen molar-refractivity contribution in [3.05, 3.63) is 75.9 Å². The van der Waals surface area contributed by atoms with E-state index in [1.807, 2.05) is 12.1 Å². The Morgan fingerprint density at radius 1 is 1.03 bits per heavy atom. The van der Waals surface area contributed by atoms with Gasteiger partial charge in [0.05, 0.1) is 6.04 Å². The van der Waals surface area contributed by atoms with Gasteiger partial charge in [0.15, 0.2) is 5.82 Å². The highest BCUT2D eigenvalue weighted by atomic mass is 35.5. The van der Waals surface area contributed by atoms with E-state index in [9.17, 15) is 9.59 Å². The molecule has 0 aliphatic rings. The van der Waals surface area contributed by atoms with E-state index in [0.717, 1.165) is 5.56 Å². The van der Waals surface area contributed by atoms with Crippen molar-refractivity contribution >= 4 is 40.9 Å². The first kappa shape index (κ1) is 20.6. The van der Waals surface area contributed by atoms with Gasteiger partial charge in [0.25, 0.3) is 0 Å². The number of rotatable bonds is 7. The second kappa shape index (κ2) is 9.40. The molecular weight excluding hydrogens is 419 g/mol. The number of carboxylic acids is 1. The Bertz CT molecular complexity index is 990. The molecule has 29 heavy (non-hydrogen) atoms. The van der Waals surface area contributed by atoms with Gasteiger partial charge in [0, 0.05) is 22.2 Å². The summed E-state index contributed by atoms with van der Waals surface area (Å²) in [5.74, 6) is -0.973. The van der Waals surface area contributed by atoms with Gasteiger partial charge in [-0.2, -0.15) is 4.98 Å². The van der Waals surface area contributed by atoms with Crippen LogP contribution in [0, 0.1) is 0 Å². The lowest BCUT2D eigenvalue weighted by atomic mass is 10.1. The van der Waals surface area contributed by atoms with Crippen LogP contribution in [0.3, 0.4) is 0 Å². The number of carbonyl (C=O) groups excluding carboxylic acids is 1. The minimum absolute atomic E-state index is 0.0477. The molecule has 1 aromatic heterocycles. The van der Waals surface area contributed by atoms with Crippen molar-refractivity contribution in [1.29, 1.82) is 0 Å². The van der Waals surface area contributed by atoms with Crippen LogP contribution in [0.2, 0.25) is 10.0 Å². The molecule has 0 saturated carbocycles. The summed E-state index contributed by atoms with van der Waals surface area (Å²) in [7, 11) is 0. The first-order valence-electron chi connectivity index (χ1n) is 8.51. The molecule has 0 radical (unpaired) electrons. The standard InChI is InChI=1S/C19H16Cl2N4O4/c20-12-3-1-11(2-4-12)9-15(18-24-16(29-25-18)10-17(26)27)23-19(28)22-14-7-5-13(21)6-8-14/h1-8,15H,9-10H2,(H,26,27)(H2,22,23,28)/t15-/m0/s1. The van der Waals surface area contributed by atoms with E-state index < -0.39 is 24.5 Å². The van der Waals surface area contributed by atoms with E-state index in [1.54, 1.807) is 36.4 Å². The zero-order chi connectivity index (χ0) is 20.8. The predicted molar refractivity (Wildman–Crippen MR) is 107 cm³/mol. The van der Waals surface area contributed by atoms with Crippen LogP contribution >= 0.6 is 23.2 Å². The molecule has 0 unspecified atom stereocenters. The third kappa shape index (κ3) is 6.20. The summed E-state index contributed by atoms with van der Waals surface area (Å²) < 4.78 is 4.98. The van der Waals surface area contributed by atoms with Crippen molar-refractivity contribution < 1.29 is 19.2 Å². The summed E-state index contributed by atoms with van der Waals surface area (Å²) in [6.07, 6.45) is -0.0606. The van der Waals surface area contributed by atoms with Crippen LogP contribution in [0.25, 0.3) is 0 Å². The Morgan fingerprint density at radius 2 is 1.66 bits per heavy atom. The zero-order valence-electron chi connectivity index (χ0n) is 14.9. The number of nitrogens with zero attached hydrogens (tertiary/aromatic N) is 2. The SMILES string of the molecule is O=C(O)Cc1nc([C@H](Cc2ccc(Cl)cc2)NC(=O)Nc2ccc(Cl)cc2)no1. The predicted octanol–water partition coefficient (Wildman–Crippen LogP) is 4.11. The molecule has 0 bridgehead atoms. The van der Waals surface area contributed by atoms with Crippen LogP contribution in [0.4, 0.5) is 10.5 Å². The van der Waals surface area contributed by atoms with Crippen molar-refractivity contribution in [3.63, 3.8) is 0 Å². The van der Waals surface area contributed by atoms with Gasteiger partial charge in [-0.25, -0.2) is 4.79 Å². The van der Waals surface area contributed by atoms with Crippen LogP contribution < -0.4 is 10.6 Å². The molecule has 3 rings (SSSR count). The molecule has 1 atom stereocenters. The monoisotopic (exact) mass is 434 g/mol. The van der Waals surface area contributed by atoms with Crippen molar-refractivity contribution in [3.8, 4) is 0 Å². The van der Waals surface area contributed by atoms with Gasteiger partial charge in [0.2, 0.25) is 5.89 Å². The summed E-state index contributed by atoms with van der Waals surface area (Å²) in [6, 6.07) is 12.6. The Hall–Kier alpha value is -3.10. The number of nitrogens with one attached hydrogen (secondary N) is 2. The largest absolute Gasteiger partial charge is 0.481 e. The molecule has 3 N–H and O–H groups in total. The summed E-state index contributed by atoms with van der Waals surface area (Å²) in [5, 5.41) is 19.3.